The van der Waals surface area contributed by atoms with Gasteiger partial charge >= 0.3 is 0 Å². The molecule has 1 aliphatic carbocycles. The highest BCUT2D eigenvalue weighted by atomic mass is 16.3. The van der Waals surface area contributed by atoms with Crippen molar-refractivity contribution in [3.63, 3.8) is 0 Å². The van der Waals surface area contributed by atoms with E-state index in [-0.39, 0.29) is 0 Å². The summed E-state index contributed by atoms with van der Waals surface area (Å²) in [5.74, 6) is -0.444. The van der Waals surface area contributed by atoms with Crippen LogP contribution in [0.1, 0.15) is 44.1 Å². The lowest BCUT2D eigenvalue weighted by atomic mass is 9.96. The summed E-state index contributed by atoms with van der Waals surface area (Å²) < 4.78 is 17.4. The Bertz CT molecular complexity index is 1480. The summed E-state index contributed by atoms with van der Waals surface area (Å²) in [6, 6.07) is 18.9. The minimum Gasteiger partial charge on any atom is -0.437 e. The van der Waals surface area contributed by atoms with Gasteiger partial charge in [-0.2, -0.15) is 0 Å². The van der Waals surface area contributed by atoms with Crippen LogP contribution in [0.25, 0.3) is 44.2 Å². The second-order valence-electron chi connectivity index (χ2n) is 8.49. The molecule has 0 unspecified atom stereocenters. The van der Waals surface area contributed by atoms with Gasteiger partial charge in [0.15, 0.2) is 11.8 Å². The van der Waals surface area contributed by atoms with E-state index in [0.717, 1.165) is 69.8 Å². The second-order valence-corrected chi connectivity index (χ2v) is 8.49. The van der Waals surface area contributed by atoms with Gasteiger partial charge in [0.25, 0.3) is 0 Å². The molecule has 148 valence electrons. The number of rotatable bonds is 2. The molecule has 0 saturated heterocycles. The van der Waals surface area contributed by atoms with E-state index >= 15 is 0 Å². The van der Waals surface area contributed by atoms with Crippen molar-refractivity contribution in [1.82, 2.24) is 4.98 Å². The lowest BCUT2D eigenvalue weighted by Crippen LogP contribution is -2.31. The number of para-hydroxylation sites is 1. The molecule has 1 aliphatic rings. The average Bonchev–Trinajstić information content (AvgIpc) is 3.36. The van der Waals surface area contributed by atoms with E-state index in [1.165, 1.54) is 5.56 Å². The maximum Gasteiger partial charge on any atom is 0.227 e. The predicted octanol–water partition coefficient (Wildman–Crippen LogP) is 6.59. The van der Waals surface area contributed by atoms with Gasteiger partial charge < -0.3 is 4.42 Å². The Morgan fingerprint density at radius 3 is 2.70 bits per heavy atom. The van der Waals surface area contributed by atoms with Crippen molar-refractivity contribution in [2.75, 3.05) is 0 Å². The third-order valence-electron chi connectivity index (χ3n) is 6.55. The van der Waals surface area contributed by atoms with E-state index in [2.05, 4.69) is 61.1 Å². The minimum absolute atomic E-state index is 0.444. The summed E-state index contributed by atoms with van der Waals surface area (Å²) in [6.45, 7) is 2.13. The molecule has 0 atom stereocenters. The molecule has 0 amide bonds. The van der Waals surface area contributed by atoms with E-state index in [1.807, 2.05) is 18.2 Å². The highest BCUT2D eigenvalue weighted by Crippen LogP contribution is 2.38. The molecule has 3 aromatic heterocycles. The van der Waals surface area contributed by atoms with Gasteiger partial charge in [-0.05, 0) is 49.4 Å². The predicted molar refractivity (Wildman–Crippen MR) is 122 cm³/mol. The number of hydrogen-bond donors (Lipinski definition) is 0. The van der Waals surface area contributed by atoms with Crippen LogP contribution in [0.4, 0.5) is 0 Å². The molecule has 5 aromatic rings. The van der Waals surface area contributed by atoms with E-state index in [0.29, 0.717) is 5.71 Å². The number of hydrogen-bond acceptors (Lipinski definition) is 2. The van der Waals surface area contributed by atoms with Crippen LogP contribution in [0.3, 0.4) is 0 Å². The molecule has 0 aliphatic heterocycles. The Balaban J connectivity index is 1.58. The molecule has 0 radical (unpaired) electrons. The molecule has 1 saturated carbocycles. The van der Waals surface area contributed by atoms with Crippen molar-refractivity contribution in [1.29, 1.82) is 0 Å². The summed E-state index contributed by atoms with van der Waals surface area (Å²) in [6.07, 6.45) is 6.33. The fraction of sp³-hybridized carbons (Fsp3) is 0.259. The van der Waals surface area contributed by atoms with Gasteiger partial charge in [-0.1, -0.05) is 43.2 Å². The number of benzene rings is 2. The molecular weight excluding hydrogens is 368 g/mol. The quantitative estimate of drug-likeness (QED) is 0.316. The smallest absolute Gasteiger partial charge is 0.227 e. The molecule has 6 rings (SSSR count). The maximum absolute atomic E-state index is 8.87. The Hall–Kier alpha value is -3.20. The highest BCUT2D eigenvalue weighted by molar-refractivity contribution is 6.11. The lowest BCUT2D eigenvalue weighted by Gasteiger charge is -2.10. The fourth-order valence-corrected chi connectivity index (χ4v) is 4.95. The van der Waals surface area contributed by atoms with E-state index in [1.54, 1.807) is 0 Å². The Kier molecular flexibility index (Phi) is 3.68. The number of aryl methyl sites for hydroxylation is 2. The largest absolute Gasteiger partial charge is 0.437 e. The first-order valence-electron chi connectivity index (χ1n) is 11.3. The van der Waals surface area contributed by atoms with Crippen LogP contribution in [0.2, 0.25) is 0 Å². The van der Waals surface area contributed by atoms with Gasteiger partial charge in [0.05, 0.1) is 11.1 Å². The molecule has 0 N–H and O–H groups in total. The molecule has 2 aromatic carbocycles. The van der Waals surface area contributed by atoms with Crippen LogP contribution in [0.5, 0.6) is 0 Å². The Morgan fingerprint density at radius 2 is 1.87 bits per heavy atom. The van der Waals surface area contributed by atoms with Crippen LogP contribution < -0.4 is 4.57 Å². The summed E-state index contributed by atoms with van der Waals surface area (Å²) in [7, 11) is 2.07. The van der Waals surface area contributed by atoms with Crippen molar-refractivity contribution >= 4 is 33.0 Å². The van der Waals surface area contributed by atoms with Crippen molar-refractivity contribution in [2.24, 2.45) is 7.05 Å². The highest BCUT2D eigenvalue weighted by Gasteiger charge is 2.24. The normalized spacial score (nSPS) is 16.5. The van der Waals surface area contributed by atoms with Crippen molar-refractivity contribution in [2.45, 2.75) is 38.5 Å². The number of nitrogens with zero attached hydrogens (tertiary/aromatic N) is 2. The van der Waals surface area contributed by atoms with Crippen LogP contribution in [0.15, 0.2) is 65.2 Å². The standard InChI is InChI=1S/C27H25N2O/c1-17-11-13-21-22-15-19-9-5-6-10-23(19)28-27(22)30-26(21)25(17)24-14-12-20(16-29(24)2)18-7-3-4-8-18/h5-6,9-16,18H,3-4,7-8H2,1-2H3/q+1/i18D. The van der Waals surface area contributed by atoms with Gasteiger partial charge in [0, 0.05) is 29.2 Å². The third-order valence-corrected chi connectivity index (χ3v) is 6.55. The van der Waals surface area contributed by atoms with E-state index in [9.17, 15) is 0 Å². The SMILES string of the molecule is [2H]C1(c2ccc(-c3c(C)ccc4c3oc3nc5ccccc5cc34)[n+](C)c2)CCCC1. The van der Waals surface area contributed by atoms with Gasteiger partial charge in [-0.3, -0.25) is 0 Å². The molecule has 3 heteroatoms. The minimum atomic E-state index is -0.444. The van der Waals surface area contributed by atoms with Crippen molar-refractivity contribution in [3.8, 4) is 11.3 Å². The summed E-state index contributed by atoms with van der Waals surface area (Å²) in [5, 5.41) is 3.25. The van der Waals surface area contributed by atoms with Crippen LogP contribution in [-0.4, -0.2) is 4.98 Å². The van der Waals surface area contributed by atoms with Crippen LogP contribution in [0, 0.1) is 6.92 Å². The molecule has 1 fully saturated rings. The van der Waals surface area contributed by atoms with Crippen LogP contribution in [-0.2, 0) is 7.05 Å². The monoisotopic (exact) mass is 394 g/mol. The Morgan fingerprint density at radius 1 is 1.03 bits per heavy atom. The van der Waals surface area contributed by atoms with Crippen molar-refractivity contribution in [3.05, 3.63) is 71.9 Å². The molecule has 3 heterocycles. The summed E-state index contributed by atoms with van der Waals surface area (Å²) in [4.78, 5) is 4.78. The van der Waals surface area contributed by atoms with E-state index in [4.69, 9.17) is 10.8 Å². The zero-order valence-electron chi connectivity index (χ0n) is 18.4. The van der Waals surface area contributed by atoms with E-state index < -0.39 is 5.89 Å². The van der Waals surface area contributed by atoms with Crippen molar-refractivity contribution < 1.29 is 10.4 Å². The number of fused-ring (bicyclic) bond motifs is 4. The number of pyridine rings is 2. The summed E-state index contributed by atoms with van der Waals surface area (Å²) in [5.41, 5.74) is 6.97. The zero-order chi connectivity index (χ0) is 21.2. The van der Waals surface area contributed by atoms with Gasteiger partial charge in [0.2, 0.25) is 11.4 Å². The Labute approximate surface area is 177 Å². The van der Waals surface area contributed by atoms with Gasteiger partial charge in [-0.15, -0.1) is 0 Å². The topological polar surface area (TPSA) is 29.9 Å². The molecule has 30 heavy (non-hydrogen) atoms. The zero-order valence-corrected chi connectivity index (χ0v) is 17.4. The average molecular weight is 395 g/mol. The number of aromatic nitrogens is 2. The molecule has 0 bridgehead atoms. The third kappa shape index (κ3) is 2.65. The first kappa shape index (κ1) is 16.6. The summed E-state index contributed by atoms with van der Waals surface area (Å²) >= 11 is 0. The number of furan rings is 1. The molecular formula is C27H25N2O+. The fourth-order valence-electron chi connectivity index (χ4n) is 4.95. The van der Waals surface area contributed by atoms with Gasteiger partial charge in [0.1, 0.15) is 7.05 Å². The second kappa shape index (κ2) is 6.66. The first-order valence-corrected chi connectivity index (χ1v) is 10.8. The molecule has 3 nitrogen and oxygen atoms in total. The lowest BCUT2D eigenvalue weighted by molar-refractivity contribution is -0.660. The first-order chi connectivity index (χ1) is 15.0. The molecule has 0 spiro atoms. The van der Waals surface area contributed by atoms with Crippen LogP contribution >= 0.6 is 0 Å². The maximum atomic E-state index is 8.87. The van der Waals surface area contributed by atoms with Gasteiger partial charge in [-0.25, -0.2) is 9.55 Å².